The number of carbonyl (C=O) groups is 2. The molecule has 0 heterocycles. The summed E-state index contributed by atoms with van der Waals surface area (Å²) in [5.74, 6) is 0.506. The summed E-state index contributed by atoms with van der Waals surface area (Å²) < 4.78 is 5.21. The first-order valence-electron chi connectivity index (χ1n) is 9.81. The third-order valence-electron chi connectivity index (χ3n) is 4.60. The molecule has 0 bridgehead atoms. The van der Waals surface area contributed by atoms with Crippen LogP contribution in [-0.4, -0.2) is 35.9 Å². The van der Waals surface area contributed by atoms with Gasteiger partial charge in [0.15, 0.2) is 0 Å². The summed E-state index contributed by atoms with van der Waals surface area (Å²) in [6, 6.07) is 14.2. The molecule has 0 unspecified atom stereocenters. The fourth-order valence-corrected chi connectivity index (χ4v) is 3.23. The molecule has 2 aromatic carbocycles. The van der Waals surface area contributed by atoms with E-state index in [1.54, 1.807) is 24.1 Å². The maximum Gasteiger partial charge on any atom is 0.243 e. The largest absolute Gasteiger partial charge is 0.497 e. The number of rotatable bonds is 9. The van der Waals surface area contributed by atoms with E-state index >= 15 is 0 Å². The Morgan fingerprint density at radius 2 is 1.62 bits per heavy atom. The van der Waals surface area contributed by atoms with Crippen molar-refractivity contribution >= 4 is 23.4 Å². The predicted molar refractivity (Wildman–Crippen MR) is 116 cm³/mol. The van der Waals surface area contributed by atoms with E-state index < -0.39 is 6.04 Å². The molecule has 0 aliphatic carbocycles. The van der Waals surface area contributed by atoms with Crippen LogP contribution in [0.5, 0.6) is 5.75 Å². The van der Waals surface area contributed by atoms with Crippen LogP contribution in [0.15, 0.2) is 48.5 Å². The fourth-order valence-electron chi connectivity index (χ4n) is 3.11. The third kappa shape index (κ3) is 6.79. The topological polar surface area (TPSA) is 58.6 Å². The fraction of sp³-hybridized carbons (Fsp3) is 0.391. The SMILES string of the molecule is CC[C@@H](C(=O)NC(C)C)N(Cc1ccc(OC)cc1)C(=O)Cc1ccc(Cl)cc1. The van der Waals surface area contributed by atoms with E-state index in [9.17, 15) is 9.59 Å². The lowest BCUT2D eigenvalue weighted by atomic mass is 10.1. The molecule has 0 saturated carbocycles. The maximum absolute atomic E-state index is 13.2. The third-order valence-corrected chi connectivity index (χ3v) is 4.85. The van der Waals surface area contributed by atoms with Crippen molar-refractivity contribution in [1.29, 1.82) is 0 Å². The minimum atomic E-state index is -0.542. The van der Waals surface area contributed by atoms with Gasteiger partial charge in [-0.25, -0.2) is 0 Å². The molecule has 5 nitrogen and oxygen atoms in total. The molecule has 6 heteroatoms. The number of hydrogen-bond acceptors (Lipinski definition) is 3. The molecule has 1 atom stereocenters. The molecule has 0 spiro atoms. The van der Waals surface area contributed by atoms with Crippen LogP contribution in [0.3, 0.4) is 0 Å². The van der Waals surface area contributed by atoms with Crippen molar-refractivity contribution in [3.8, 4) is 5.75 Å². The van der Waals surface area contributed by atoms with Crippen LogP contribution in [-0.2, 0) is 22.6 Å². The maximum atomic E-state index is 13.2. The number of amides is 2. The van der Waals surface area contributed by atoms with Gasteiger partial charge in [-0.2, -0.15) is 0 Å². The number of halogens is 1. The molecule has 2 amide bonds. The molecule has 0 aliphatic heterocycles. The minimum Gasteiger partial charge on any atom is -0.497 e. The summed E-state index contributed by atoms with van der Waals surface area (Å²) >= 11 is 5.95. The van der Waals surface area contributed by atoms with Gasteiger partial charge < -0.3 is 15.0 Å². The quantitative estimate of drug-likeness (QED) is 0.665. The first-order valence-corrected chi connectivity index (χ1v) is 10.2. The number of nitrogens with one attached hydrogen (secondary N) is 1. The van der Waals surface area contributed by atoms with Crippen LogP contribution in [0.4, 0.5) is 0 Å². The Kier molecular flexibility index (Phi) is 8.52. The predicted octanol–water partition coefficient (Wildman–Crippen LogP) is 4.22. The van der Waals surface area contributed by atoms with Crippen molar-refractivity contribution in [2.75, 3.05) is 7.11 Å². The highest BCUT2D eigenvalue weighted by atomic mass is 35.5. The molecular weight excluding hydrogens is 388 g/mol. The van der Waals surface area contributed by atoms with Crippen molar-refractivity contribution < 1.29 is 14.3 Å². The van der Waals surface area contributed by atoms with Crippen LogP contribution < -0.4 is 10.1 Å². The highest BCUT2D eigenvalue weighted by Gasteiger charge is 2.29. The zero-order valence-electron chi connectivity index (χ0n) is 17.4. The first kappa shape index (κ1) is 22.8. The number of benzene rings is 2. The van der Waals surface area contributed by atoms with Gasteiger partial charge in [0.1, 0.15) is 11.8 Å². The van der Waals surface area contributed by atoms with Gasteiger partial charge in [-0.05, 0) is 55.7 Å². The summed E-state index contributed by atoms with van der Waals surface area (Å²) in [6.45, 7) is 6.09. The summed E-state index contributed by atoms with van der Waals surface area (Å²) in [4.78, 5) is 27.6. The summed E-state index contributed by atoms with van der Waals surface area (Å²) in [5.41, 5.74) is 1.80. The van der Waals surface area contributed by atoms with Crippen molar-refractivity contribution in [1.82, 2.24) is 10.2 Å². The zero-order valence-corrected chi connectivity index (χ0v) is 18.2. The van der Waals surface area contributed by atoms with E-state index in [1.165, 1.54) is 0 Å². The van der Waals surface area contributed by atoms with E-state index in [2.05, 4.69) is 5.32 Å². The molecule has 0 aliphatic rings. The average molecular weight is 417 g/mol. The molecule has 2 aromatic rings. The number of hydrogen-bond donors (Lipinski definition) is 1. The van der Waals surface area contributed by atoms with E-state index in [-0.39, 0.29) is 24.3 Å². The van der Waals surface area contributed by atoms with E-state index in [1.807, 2.05) is 57.2 Å². The van der Waals surface area contributed by atoms with Crippen LogP contribution in [0.2, 0.25) is 5.02 Å². The minimum absolute atomic E-state index is 0.00533. The lowest BCUT2D eigenvalue weighted by Crippen LogP contribution is -2.50. The Morgan fingerprint density at radius 1 is 1.03 bits per heavy atom. The number of ether oxygens (including phenoxy) is 1. The van der Waals surface area contributed by atoms with Gasteiger partial charge in [-0.15, -0.1) is 0 Å². The van der Waals surface area contributed by atoms with Crippen LogP contribution in [0.1, 0.15) is 38.3 Å². The Hall–Kier alpha value is -2.53. The van der Waals surface area contributed by atoms with Gasteiger partial charge in [0.05, 0.1) is 13.5 Å². The molecule has 0 radical (unpaired) electrons. The molecule has 29 heavy (non-hydrogen) atoms. The highest BCUT2D eigenvalue weighted by Crippen LogP contribution is 2.18. The second-order valence-corrected chi connectivity index (χ2v) is 7.70. The first-order chi connectivity index (χ1) is 13.8. The summed E-state index contributed by atoms with van der Waals surface area (Å²) in [5, 5.41) is 3.56. The molecule has 0 saturated heterocycles. The van der Waals surface area contributed by atoms with Gasteiger partial charge in [-0.3, -0.25) is 9.59 Å². The van der Waals surface area contributed by atoms with Gasteiger partial charge in [0.25, 0.3) is 0 Å². The summed E-state index contributed by atoms with van der Waals surface area (Å²) in [6.07, 6.45) is 0.736. The highest BCUT2D eigenvalue weighted by molar-refractivity contribution is 6.30. The second kappa shape index (κ2) is 10.9. The summed E-state index contributed by atoms with van der Waals surface area (Å²) in [7, 11) is 1.61. The van der Waals surface area contributed by atoms with Crippen molar-refractivity contribution in [3.05, 3.63) is 64.7 Å². The molecular formula is C23H29ClN2O3. The van der Waals surface area contributed by atoms with Gasteiger partial charge in [-0.1, -0.05) is 42.8 Å². The van der Waals surface area contributed by atoms with Crippen molar-refractivity contribution in [2.24, 2.45) is 0 Å². The Morgan fingerprint density at radius 3 is 2.14 bits per heavy atom. The van der Waals surface area contributed by atoms with Gasteiger partial charge in [0.2, 0.25) is 11.8 Å². The van der Waals surface area contributed by atoms with Gasteiger partial charge in [0, 0.05) is 17.6 Å². The molecule has 0 aromatic heterocycles. The van der Waals surface area contributed by atoms with Crippen molar-refractivity contribution in [3.63, 3.8) is 0 Å². The van der Waals surface area contributed by atoms with Crippen molar-refractivity contribution in [2.45, 2.75) is 52.2 Å². The molecule has 2 rings (SSSR count). The molecule has 0 fully saturated rings. The lowest BCUT2D eigenvalue weighted by Gasteiger charge is -2.31. The monoisotopic (exact) mass is 416 g/mol. The second-order valence-electron chi connectivity index (χ2n) is 7.26. The molecule has 156 valence electrons. The Balaban J connectivity index is 2.27. The number of carbonyl (C=O) groups excluding carboxylic acids is 2. The van der Waals surface area contributed by atoms with E-state index in [4.69, 9.17) is 16.3 Å². The molecule has 1 N–H and O–H groups in total. The normalized spacial score (nSPS) is 11.8. The number of methoxy groups -OCH3 is 1. The van der Waals surface area contributed by atoms with E-state index in [0.29, 0.717) is 18.0 Å². The lowest BCUT2D eigenvalue weighted by molar-refractivity contribution is -0.141. The zero-order chi connectivity index (χ0) is 21.4. The standard InChI is InChI=1S/C23H29ClN2O3/c1-5-21(23(28)25-16(2)3)26(15-18-8-12-20(29-4)13-9-18)22(27)14-17-6-10-19(24)11-7-17/h6-13,16,21H,5,14-15H2,1-4H3,(H,25,28)/t21-/m0/s1. The van der Waals surface area contributed by atoms with Crippen LogP contribution >= 0.6 is 11.6 Å². The van der Waals surface area contributed by atoms with Gasteiger partial charge >= 0.3 is 0 Å². The van der Waals surface area contributed by atoms with Crippen LogP contribution in [0.25, 0.3) is 0 Å². The van der Waals surface area contributed by atoms with Crippen LogP contribution in [0, 0.1) is 0 Å². The number of nitrogens with zero attached hydrogens (tertiary/aromatic N) is 1. The van der Waals surface area contributed by atoms with E-state index in [0.717, 1.165) is 16.9 Å². The Bertz CT molecular complexity index is 804. The smallest absolute Gasteiger partial charge is 0.243 e. The average Bonchev–Trinajstić information content (AvgIpc) is 2.69. The Labute approximate surface area is 178 Å².